The second-order valence-electron chi connectivity index (χ2n) is 8.89. The first-order valence-electron chi connectivity index (χ1n) is 11.7. The number of nitrogens with one attached hydrogen (secondary N) is 1. The van der Waals surface area contributed by atoms with Crippen LogP contribution in [0.25, 0.3) is 11.1 Å². The van der Waals surface area contributed by atoms with Gasteiger partial charge in [-0.25, -0.2) is 4.52 Å². The van der Waals surface area contributed by atoms with E-state index in [0.717, 1.165) is 72.0 Å². The van der Waals surface area contributed by atoms with Gasteiger partial charge in [0.1, 0.15) is 0 Å². The molecular weight excluding hydrogens is 412 g/mol. The lowest BCUT2D eigenvalue weighted by Gasteiger charge is -2.36. The number of nitrogens with zero attached hydrogens (tertiary/aromatic N) is 5. The molecule has 2 aromatic heterocycles. The van der Waals surface area contributed by atoms with Gasteiger partial charge in [-0.2, -0.15) is 5.10 Å². The molecule has 1 fully saturated rings. The standard InChI is InChI=1S/C26H30N6O/c1-4-6-23-25-14-24(29-32(25)16-19(3)28-23)20-7-5-8-21-9-10-22(17-31(21)26(33)13-20)30-12-11-27-18(2)15-30/h5,7-10,13-14,16-18,27H,4,6,11-12,15H2,1-3H3/b7-5?,20-13?,21-8+/t18-/m1/s1. The predicted molar refractivity (Wildman–Crippen MR) is 130 cm³/mol. The van der Waals surface area contributed by atoms with E-state index in [-0.39, 0.29) is 5.91 Å². The minimum Gasteiger partial charge on any atom is -0.368 e. The number of carbonyl (C=O) groups is 1. The van der Waals surface area contributed by atoms with E-state index in [1.54, 1.807) is 11.0 Å². The van der Waals surface area contributed by atoms with Gasteiger partial charge in [-0.05, 0) is 44.6 Å². The summed E-state index contributed by atoms with van der Waals surface area (Å²) in [5.41, 5.74) is 6.46. The highest BCUT2D eigenvalue weighted by Crippen LogP contribution is 2.26. The second-order valence-corrected chi connectivity index (χ2v) is 8.89. The third-order valence-corrected chi connectivity index (χ3v) is 6.19. The van der Waals surface area contributed by atoms with Gasteiger partial charge < -0.3 is 10.2 Å². The lowest BCUT2D eigenvalue weighted by atomic mass is 10.1. The molecule has 7 heteroatoms. The third-order valence-electron chi connectivity index (χ3n) is 6.19. The van der Waals surface area contributed by atoms with Gasteiger partial charge in [0, 0.05) is 49.2 Å². The molecule has 0 bridgehead atoms. The van der Waals surface area contributed by atoms with Gasteiger partial charge in [0.2, 0.25) is 0 Å². The van der Waals surface area contributed by atoms with Crippen LogP contribution in [-0.2, 0) is 11.2 Å². The molecule has 3 aliphatic heterocycles. The minimum absolute atomic E-state index is 0.0780. The van der Waals surface area contributed by atoms with E-state index in [4.69, 9.17) is 10.1 Å². The van der Waals surface area contributed by atoms with Gasteiger partial charge in [0.25, 0.3) is 5.91 Å². The van der Waals surface area contributed by atoms with Crippen molar-refractivity contribution in [1.29, 1.82) is 0 Å². The summed E-state index contributed by atoms with van der Waals surface area (Å²) < 4.78 is 1.88. The summed E-state index contributed by atoms with van der Waals surface area (Å²) in [4.78, 5) is 22.1. The normalized spacial score (nSPS) is 22.5. The fourth-order valence-electron chi connectivity index (χ4n) is 4.59. The fraction of sp³-hybridized carbons (Fsp3) is 0.346. The molecule has 0 aromatic carbocycles. The summed E-state index contributed by atoms with van der Waals surface area (Å²) in [7, 11) is 0. The number of amides is 1. The van der Waals surface area contributed by atoms with Crippen LogP contribution in [0.5, 0.6) is 0 Å². The quantitative estimate of drug-likeness (QED) is 0.787. The van der Waals surface area contributed by atoms with Crippen LogP contribution in [-0.4, -0.2) is 56.0 Å². The number of allylic oxidation sites excluding steroid dienone is 6. The number of aromatic nitrogens is 3. The molecule has 0 aliphatic carbocycles. The summed E-state index contributed by atoms with van der Waals surface area (Å²) in [6.45, 7) is 9.11. The fourth-order valence-corrected chi connectivity index (χ4v) is 4.59. The summed E-state index contributed by atoms with van der Waals surface area (Å²) in [5, 5.41) is 8.24. The summed E-state index contributed by atoms with van der Waals surface area (Å²) in [5.74, 6) is -0.0780. The molecule has 2 aromatic rings. The Bertz CT molecular complexity index is 1240. The smallest absolute Gasteiger partial charge is 0.255 e. The number of fused-ring (bicyclic) bond motifs is 2. The van der Waals surface area contributed by atoms with Crippen LogP contribution in [0, 0.1) is 6.92 Å². The van der Waals surface area contributed by atoms with Gasteiger partial charge >= 0.3 is 0 Å². The lowest BCUT2D eigenvalue weighted by molar-refractivity contribution is -0.122. The van der Waals surface area contributed by atoms with Crippen molar-refractivity contribution in [3.63, 3.8) is 0 Å². The van der Waals surface area contributed by atoms with Crippen LogP contribution in [0.1, 0.15) is 37.4 Å². The Hall–Kier alpha value is -3.45. The Morgan fingerprint density at radius 3 is 2.88 bits per heavy atom. The van der Waals surface area contributed by atoms with Gasteiger partial charge in [0.15, 0.2) is 0 Å². The van der Waals surface area contributed by atoms with Gasteiger partial charge in [-0.1, -0.05) is 25.5 Å². The molecule has 0 saturated carbocycles. The van der Waals surface area contributed by atoms with Crippen LogP contribution in [0.3, 0.4) is 0 Å². The number of rotatable bonds is 4. The maximum atomic E-state index is 13.3. The van der Waals surface area contributed by atoms with Crippen LogP contribution < -0.4 is 5.32 Å². The first-order chi connectivity index (χ1) is 16.0. The summed E-state index contributed by atoms with van der Waals surface area (Å²) in [6.07, 6.45) is 17.5. The topological polar surface area (TPSA) is 65.8 Å². The van der Waals surface area contributed by atoms with E-state index in [0.29, 0.717) is 6.04 Å². The molecule has 0 radical (unpaired) electrons. The molecule has 170 valence electrons. The van der Waals surface area contributed by atoms with Crippen LogP contribution >= 0.6 is 0 Å². The van der Waals surface area contributed by atoms with Crippen LogP contribution in [0.15, 0.2) is 66.3 Å². The van der Waals surface area contributed by atoms with E-state index in [1.165, 1.54) is 0 Å². The van der Waals surface area contributed by atoms with Gasteiger partial charge in [-0.3, -0.25) is 14.7 Å². The largest absolute Gasteiger partial charge is 0.368 e. The molecule has 1 saturated heterocycles. The van der Waals surface area contributed by atoms with Crippen molar-refractivity contribution in [1.82, 2.24) is 29.7 Å². The van der Waals surface area contributed by atoms with Crippen molar-refractivity contribution in [2.45, 2.75) is 39.7 Å². The lowest BCUT2D eigenvalue weighted by Crippen LogP contribution is -2.48. The third kappa shape index (κ3) is 4.28. The van der Waals surface area contributed by atoms with E-state index >= 15 is 0 Å². The van der Waals surface area contributed by atoms with E-state index in [1.807, 2.05) is 54.2 Å². The highest BCUT2D eigenvalue weighted by atomic mass is 16.2. The first-order valence-corrected chi connectivity index (χ1v) is 11.7. The minimum atomic E-state index is -0.0780. The zero-order valence-electron chi connectivity index (χ0n) is 19.5. The molecule has 1 amide bonds. The van der Waals surface area contributed by atoms with E-state index in [2.05, 4.69) is 30.1 Å². The average molecular weight is 443 g/mol. The number of carbonyl (C=O) groups excluding carboxylic acids is 1. The second kappa shape index (κ2) is 8.83. The van der Waals surface area contributed by atoms with Crippen molar-refractivity contribution in [2.75, 3.05) is 19.6 Å². The molecule has 5 rings (SSSR count). The molecule has 3 aliphatic rings. The average Bonchev–Trinajstić information content (AvgIpc) is 3.21. The van der Waals surface area contributed by atoms with Gasteiger partial charge in [0.05, 0.1) is 34.5 Å². The molecule has 0 unspecified atom stereocenters. The van der Waals surface area contributed by atoms with Crippen molar-refractivity contribution in [3.8, 4) is 0 Å². The van der Waals surface area contributed by atoms with Crippen LogP contribution in [0.4, 0.5) is 0 Å². The number of piperazine rings is 1. The van der Waals surface area contributed by atoms with Crippen molar-refractivity contribution >= 4 is 17.0 Å². The highest BCUT2D eigenvalue weighted by Gasteiger charge is 2.23. The van der Waals surface area contributed by atoms with E-state index in [9.17, 15) is 4.79 Å². The molecular formula is C26H30N6O. The SMILES string of the molecule is CCCc1nc(C)cn2nc(C3=CC(=O)N4C=C(N5CCN[C@H](C)C5)C=C/C4=C\C=C3)cc12. The Balaban J connectivity index is 1.48. The first kappa shape index (κ1) is 21.4. The van der Waals surface area contributed by atoms with Crippen molar-refractivity contribution in [3.05, 3.63) is 83.4 Å². The molecule has 5 heterocycles. The molecule has 33 heavy (non-hydrogen) atoms. The molecule has 0 spiro atoms. The summed E-state index contributed by atoms with van der Waals surface area (Å²) >= 11 is 0. The van der Waals surface area contributed by atoms with Crippen LogP contribution in [0.2, 0.25) is 0 Å². The Kier molecular flexibility index (Phi) is 5.72. The zero-order chi connectivity index (χ0) is 22.9. The van der Waals surface area contributed by atoms with Gasteiger partial charge in [-0.15, -0.1) is 0 Å². The summed E-state index contributed by atoms with van der Waals surface area (Å²) in [6, 6.07) is 2.46. The highest BCUT2D eigenvalue weighted by molar-refractivity contribution is 5.99. The zero-order valence-corrected chi connectivity index (χ0v) is 19.5. The number of hydrogen-bond donors (Lipinski definition) is 1. The molecule has 7 nitrogen and oxygen atoms in total. The Labute approximate surface area is 194 Å². The Morgan fingerprint density at radius 1 is 1.21 bits per heavy atom. The van der Waals surface area contributed by atoms with E-state index < -0.39 is 0 Å². The predicted octanol–water partition coefficient (Wildman–Crippen LogP) is 3.36. The number of hydrogen-bond acceptors (Lipinski definition) is 5. The van der Waals surface area contributed by atoms with Crippen molar-refractivity contribution in [2.24, 2.45) is 0 Å². The monoisotopic (exact) mass is 442 g/mol. The number of aryl methyl sites for hydroxylation is 2. The Morgan fingerprint density at radius 2 is 2.06 bits per heavy atom. The maximum Gasteiger partial charge on any atom is 0.255 e. The van der Waals surface area contributed by atoms with Crippen molar-refractivity contribution < 1.29 is 4.79 Å². The molecule has 1 N–H and O–H groups in total. The molecule has 1 atom stereocenters. The maximum absolute atomic E-state index is 13.3.